The number of aryl methyl sites for hydroxylation is 2. The maximum absolute atomic E-state index is 12.8. The third-order valence-electron chi connectivity index (χ3n) is 5.26. The fraction of sp³-hybridized carbons (Fsp3) is 0.125. The van der Waals surface area contributed by atoms with Gasteiger partial charge in [-0.25, -0.2) is 0 Å². The van der Waals surface area contributed by atoms with Crippen LogP contribution in [-0.2, 0) is 28.5 Å². The van der Waals surface area contributed by atoms with Gasteiger partial charge in [-0.15, -0.1) is 0 Å². The summed E-state index contributed by atoms with van der Waals surface area (Å²) in [5, 5.41) is 11.8. The highest BCUT2D eigenvalue weighted by atomic mass is 16.4. The van der Waals surface area contributed by atoms with Gasteiger partial charge in [0.05, 0.1) is 11.1 Å². The summed E-state index contributed by atoms with van der Waals surface area (Å²) in [5.41, 5.74) is 4.47. The van der Waals surface area contributed by atoms with Crippen molar-refractivity contribution in [3.63, 3.8) is 0 Å². The molecule has 2 N–H and O–H groups in total. The predicted octanol–water partition coefficient (Wildman–Crippen LogP) is 3.33. The van der Waals surface area contributed by atoms with Crippen molar-refractivity contribution in [1.29, 1.82) is 0 Å². The molecule has 0 unspecified atom stereocenters. The van der Waals surface area contributed by atoms with Crippen molar-refractivity contribution in [1.82, 2.24) is 14.5 Å². The molecular formula is C24H21N3O4. The van der Waals surface area contributed by atoms with Crippen LogP contribution in [0.5, 0.6) is 0 Å². The Balaban J connectivity index is 0.000000535. The zero-order chi connectivity index (χ0) is 22.3. The molecule has 0 aliphatic carbocycles. The molecule has 2 amide bonds. The summed E-state index contributed by atoms with van der Waals surface area (Å²) in [4.78, 5) is 34.5. The molecule has 2 aromatic heterocycles. The van der Waals surface area contributed by atoms with E-state index in [4.69, 9.17) is 9.90 Å². The Kier molecular flexibility index (Phi) is 4.94. The molecule has 0 fully saturated rings. The number of imide groups is 1. The van der Waals surface area contributed by atoms with Crippen molar-refractivity contribution in [2.24, 2.45) is 14.1 Å². The topological polar surface area (TPSA) is 93.3 Å². The lowest BCUT2D eigenvalue weighted by atomic mass is 9.95. The summed E-state index contributed by atoms with van der Waals surface area (Å²) in [6, 6.07) is 15.8. The Morgan fingerprint density at radius 1 is 0.774 bits per heavy atom. The van der Waals surface area contributed by atoms with Gasteiger partial charge < -0.3 is 14.2 Å². The van der Waals surface area contributed by atoms with Crippen LogP contribution in [-0.4, -0.2) is 32.0 Å². The molecule has 0 bridgehead atoms. The van der Waals surface area contributed by atoms with E-state index in [1.807, 2.05) is 84.2 Å². The Morgan fingerprint density at radius 3 is 1.52 bits per heavy atom. The fourth-order valence-corrected chi connectivity index (χ4v) is 4.05. The van der Waals surface area contributed by atoms with Gasteiger partial charge in [0.2, 0.25) is 0 Å². The maximum atomic E-state index is 12.8. The second kappa shape index (κ2) is 7.60. The van der Waals surface area contributed by atoms with Gasteiger partial charge in [0.15, 0.2) is 0 Å². The monoisotopic (exact) mass is 415 g/mol. The first kappa shape index (κ1) is 20.2. The van der Waals surface area contributed by atoms with Crippen LogP contribution in [0.2, 0.25) is 0 Å². The van der Waals surface area contributed by atoms with Crippen LogP contribution in [0.3, 0.4) is 0 Å². The third-order valence-corrected chi connectivity index (χ3v) is 5.26. The number of hydrogen-bond donors (Lipinski definition) is 2. The number of benzene rings is 2. The Labute approximate surface area is 178 Å². The van der Waals surface area contributed by atoms with Gasteiger partial charge >= 0.3 is 0 Å². The first-order chi connectivity index (χ1) is 14.8. The lowest BCUT2D eigenvalue weighted by Crippen LogP contribution is -2.22. The molecule has 0 saturated carbocycles. The molecule has 4 aromatic rings. The van der Waals surface area contributed by atoms with E-state index in [0.29, 0.717) is 11.1 Å². The van der Waals surface area contributed by atoms with Crippen LogP contribution in [0.15, 0.2) is 60.9 Å². The van der Waals surface area contributed by atoms with Crippen LogP contribution >= 0.6 is 0 Å². The molecule has 31 heavy (non-hydrogen) atoms. The van der Waals surface area contributed by atoms with Gasteiger partial charge in [0.1, 0.15) is 0 Å². The average Bonchev–Trinajstić information content (AvgIpc) is 3.33. The van der Waals surface area contributed by atoms with E-state index in [-0.39, 0.29) is 11.8 Å². The standard InChI is InChI=1S/C22H17N3O2.C2H4O2/c1-24-11-15(13-7-3-5-9-17(13)24)19-20(22(27)23-21(19)26)16-12-25(2)18-10-6-4-8-14(16)18;1-2(3)4/h3-12H,1-2H3,(H,23,26,27);1H3,(H,3,4). The van der Waals surface area contributed by atoms with E-state index in [0.717, 1.165) is 39.9 Å². The van der Waals surface area contributed by atoms with Gasteiger partial charge in [0, 0.05) is 66.3 Å². The van der Waals surface area contributed by atoms with E-state index >= 15 is 0 Å². The van der Waals surface area contributed by atoms with Crippen LogP contribution < -0.4 is 5.32 Å². The quantitative estimate of drug-likeness (QED) is 0.491. The van der Waals surface area contributed by atoms with Crippen molar-refractivity contribution in [3.8, 4) is 0 Å². The van der Waals surface area contributed by atoms with Crippen molar-refractivity contribution < 1.29 is 19.5 Å². The zero-order valence-electron chi connectivity index (χ0n) is 17.3. The molecule has 3 heterocycles. The minimum Gasteiger partial charge on any atom is -0.481 e. The first-order valence-corrected chi connectivity index (χ1v) is 9.68. The van der Waals surface area contributed by atoms with Gasteiger partial charge in [-0.05, 0) is 12.1 Å². The highest BCUT2D eigenvalue weighted by molar-refractivity contribution is 6.50. The number of para-hydroxylation sites is 2. The molecule has 5 rings (SSSR count). The molecule has 1 aliphatic heterocycles. The molecule has 0 radical (unpaired) electrons. The normalized spacial score (nSPS) is 13.5. The molecule has 1 aliphatic rings. The number of carbonyl (C=O) groups is 3. The summed E-state index contributed by atoms with van der Waals surface area (Å²) >= 11 is 0. The zero-order valence-corrected chi connectivity index (χ0v) is 17.3. The van der Waals surface area contributed by atoms with Crippen LogP contribution in [0, 0.1) is 0 Å². The number of aromatic nitrogens is 2. The Morgan fingerprint density at radius 2 is 1.13 bits per heavy atom. The first-order valence-electron chi connectivity index (χ1n) is 9.68. The van der Waals surface area contributed by atoms with E-state index < -0.39 is 5.97 Å². The summed E-state index contributed by atoms with van der Waals surface area (Å²) in [7, 11) is 3.89. The van der Waals surface area contributed by atoms with Crippen molar-refractivity contribution in [2.75, 3.05) is 0 Å². The minimum absolute atomic E-state index is 0.348. The maximum Gasteiger partial charge on any atom is 0.300 e. The molecule has 7 heteroatoms. The van der Waals surface area contributed by atoms with Crippen molar-refractivity contribution >= 4 is 50.7 Å². The van der Waals surface area contributed by atoms with Crippen molar-refractivity contribution in [3.05, 3.63) is 72.1 Å². The van der Waals surface area contributed by atoms with E-state index in [2.05, 4.69) is 5.32 Å². The van der Waals surface area contributed by atoms with Crippen LogP contribution in [0.1, 0.15) is 18.1 Å². The predicted molar refractivity (Wildman–Crippen MR) is 119 cm³/mol. The number of fused-ring (bicyclic) bond motifs is 2. The molecule has 2 aromatic carbocycles. The molecule has 0 atom stereocenters. The number of nitrogens with zero attached hydrogens (tertiary/aromatic N) is 2. The second-order valence-electron chi connectivity index (χ2n) is 7.39. The number of hydrogen-bond acceptors (Lipinski definition) is 3. The van der Waals surface area contributed by atoms with Gasteiger partial charge in [-0.3, -0.25) is 19.7 Å². The number of carboxylic acid groups (broad SMARTS) is 1. The van der Waals surface area contributed by atoms with Crippen LogP contribution in [0.25, 0.3) is 33.0 Å². The summed E-state index contributed by atoms with van der Waals surface area (Å²) in [6.45, 7) is 1.08. The number of rotatable bonds is 2. The van der Waals surface area contributed by atoms with E-state index in [1.165, 1.54) is 0 Å². The SMILES string of the molecule is CC(=O)O.Cn1cc(C2=C(c3cn(C)c4ccccc34)C(=O)NC2=O)c2ccccc21. The number of aliphatic carboxylic acids is 1. The highest BCUT2D eigenvalue weighted by Gasteiger charge is 2.35. The molecule has 0 spiro atoms. The Hall–Kier alpha value is -4.13. The Bertz CT molecular complexity index is 1300. The lowest BCUT2D eigenvalue weighted by molar-refractivity contribution is -0.134. The van der Waals surface area contributed by atoms with E-state index in [9.17, 15) is 9.59 Å². The average molecular weight is 415 g/mol. The second-order valence-corrected chi connectivity index (χ2v) is 7.39. The highest BCUT2D eigenvalue weighted by Crippen LogP contribution is 2.38. The third kappa shape index (κ3) is 3.40. The number of nitrogens with one attached hydrogen (secondary N) is 1. The molecule has 0 saturated heterocycles. The lowest BCUT2D eigenvalue weighted by Gasteiger charge is -2.03. The number of carbonyl (C=O) groups excluding carboxylic acids is 2. The molecule has 7 nitrogen and oxygen atoms in total. The van der Waals surface area contributed by atoms with Crippen molar-refractivity contribution in [2.45, 2.75) is 6.92 Å². The molecule has 156 valence electrons. The number of amides is 2. The fourth-order valence-electron chi connectivity index (χ4n) is 4.05. The van der Waals surface area contributed by atoms with E-state index in [1.54, 1.807) is 0 Å². The largest absolute Gasteiger partial charge is 0.481 e. The van der Waals surface area contributed by atoms with Gasteiger partial charge in [-0.1, -0.05) is 36.4 Å². The summed E-state index contributed by atoms with van der Waals surface area (Å²) < 4.78 is 3.96. The summed E-state index contributed by atoms with van der Waals surface area (Å²) in [6.07, 6.45) is 3.84. The van der Waals surface area contributed by atoms with Gasteiger partial charge in [-0.2, -0.15) is 0 Å². The smallest absolute Gasteiger partial charge is 0.300 e. The summed E-state index contributed by atoms with van der Waals surface area (Å²) in [5.74, 6) is -1.53. The van der Waals surface area contributed by atoms with Gasteiger partial charge in [0.25, 0.3) is 17.8 Å². The number of carboxylic acids is 1. The molecular weight excluding hydrogens is 394 g/mol. The minimum atomic E-state index is -0.833. The van der Waals surface area contributed by atoms with Crippen LogP contribution in [0.4, 0.5) is 0 Å².